The van der Waals surface area contributed by atoms with Crippen LogP contribution in [0.3, 0.4) is 0 Å². The summed E-state index contributed by atoms with van der Waals surface area (Å²) in [6, 6.07) is 1.19. The largest absolute Gasteiger partial charge is 0.477 e. The first-order valence-electron chi connectivity index (χ1n) is 3.74. The van der Waals surface area contributed by atoms with Gasteiger partial charge in [0, 0.05) is 16.5 Å². The third kappa shape index (κ3) is 2.83. The molecule has 0 amide bonds. The van der Waals surface area contributed by atoms with E-state index in [1.54, 1.807) is 22.6 Å². The molecule has 0 spiro atoms. The molecular formula is C8H5BrF2INO2. The zero-order valence-electron chi connectivity index (χ0n) is 7.18. The molecule has 0 aliphatic heterocycles. The highest BCUT2D eigenvalue weighted by Crippen LogP contribution is 2.27. The summed E-state index contributed by atoms with van der Waals surface area (Å²) in [6.07, 6.45) is -2.70. The van der Waals surface area contributed by atoms with Crippen molar-refractivity contribution in [1.82, 2.24) is 4.98 Å². The molecule has 1 rings (SSSR count). The Morgan fingerprint density at radius 1 is 1.67 bits per heavy atom. The number of hydrogen-bond donors (Lipinski definition) is 1. The Balaban J connectivity index is 3.45. The van der Waals surface area contributed by atoms with Gasteiger partial charge in [-0.15, -0.1) is 0 Å². The molecule has 0 saturated heterocycles. The smallest absolute Gasteiger partial charge is 0.354 e. The van der Waals surface area contributed by atoms with Gasteiger partial charge in [-0.3, -0.25) is 0 Å². The molecule has 1 aromatic rings. The zero-order chi connectivity index (χ0) is 11.6. The first-order valence-corrected chi connectivity index (χ1v) is 5.94. The van der Waals surface area contributed by atoms with Gasteiger partial charge in [0.15, 0.2) is 5.69 Å². The first-order chi connectivity index (χ1) is 6.97. The second-order valence-electron chi connectivity index (χ2n) is 2.60. The summed E-state index contributed by atoms with van der Waals surface area (Å²) in [4.78, 5) is 14.5. The number of carbonyl (C=O) groups is 1. The quantitative estimate of drug-likeness (QED) is 0.489. The lowest BCUT2D eigenvalue weighted by molar-refractivity contribution is 0.0688. The summed E-state index contributed by atoms with van der Waals surface area (Å²) in [6.45, 7) is 0. The third-order valence-electron chi connectivity index (χ3n) is 1.70. The fraction of sp³-hybridized carbons (Fsp3) is 0.250. The van der Waals surface area contributed by atoms with Gasteiger partial charge in [-0.1, -0.05) is 15.9 Å². The molecule has 7 heteroatoms. The minimum atomic E-state index is -2.70. The molecule has 15 heavy (non-hydrogen) atoms. The predicted molar refractivity (Wildman–Crippen MR) is 61.5 cm³/mol. The van der Waals surface area contributed by atoms with Gasteiger partial charge in [-0.25, -0.2) is 18.6 Å². The molecule has 0 radical (unpaired) electrons. The van der Waals surface area contributed by atoms with E-state index in [0.29, 0.717) is 0 Å². The summed E-state index contributed by atoms with van der Waals surface area (Å²) in [5, 5.41) is 8.84. The maximum atomic E-state index is 12.6. The average Bonchev–Trinajstić information content (AvgIpc) is 2.16. The molecular weight excluding hydrogens is 387 g/mol. The Morgan fingerprint density at radius 3 is 2.67 bits per heavy atom. The Hall–Kier alpha value is -0.310. The molecule has 3 nitrogen and oxygen atoms in total. The maximum absolute atomic E-state index is 12.6. The molecule has 1 heterocycles. The Bertz CT molecular complexity index is 400. The van der Waals surface area contributed by atoms with Gasteiger partial charge < -0.3 is 5.11 Å². The second-order valence-corrected chi connectivity index (χ2v) is 4.27. The molecule has 0 atom stereocenters. The average molecular weight is 392 g/mol. The van der Waals surface area contributed by atoms with Crippen molar-refractivity contribution < 1.29 is 18.7 Å². The molecule has 1 aromatic heterocycles. The van der Waals surface area contributed by atoms with Crippen LogP contribution in [-0.4, -0.2) is 16.1 Å². The summed E-state index contributed by atoms with van der Waals surface area (Å²) < 4.78 is 25.4. The summed E-state index contributed by atoms with van der Waals surface area (Å²) >= 11 is 4.69. The molecule has 0 fully saturated rings. The number of halogens is 4. The fourth-order valence-corrected chi connectivity index (χ4v) is 2.24. The van der Waals surface area contributed by atoms with E-state index in [9.17, 15) is 13.6 Å². The van der Waals surface area contributed by atoms with Crippen LogP contribution in [0.25, 0.3) is 0 Å². The number of aromatic carboxylic acids is 1. The van der Waals surface area contributed by atoms with Crippen molar-refractivity contribution in [2.24, 2.45) is 0 Å². The van der Waals surface area contributed by atoms with Crippen LogP contribution in [0.4, 0.5) is 8.78 Å². The lowest BCUT2D eigenvalue weighted by atomic mass is 10.1. The molecule has 0 aliphatic carbocycles. The van der Waals surface area contributed by atoms with E-state index in [1.807, 2.05) is 0 Å². The van der Waals surface area contributed by atoms with Gasteiger partial charge in [0.1, 0.15) is 3.70 Å². The number of rotatable bonds is 3. The third-order valence-corrected chi connectivity index (χ3v) is 2.81. The van der Waals surface area contributed by atoms with Crippen molar-refractivity contribution in [2.45, 2.75) is 11.8 Å². The van der Waals surface area contributed by atoms with Gasteiger partial charge in [-0.05, 0) is 28.7 Å². The van der Waals surface area contributed by atoms with Crippen LogP contribution in [0.2, 0.25) is 0 Å². The SMILES string of the molecule is O=C(O)c1nc(I)cc(C(F)F)c1CBr. The Labute approximate surface area is 106 Å². The minimum absolute atomic E-state index is 0.0258. The van der Waals surface area contributed by atoms with Crippen molar-refractivity contribution in [3.63, 3.8) is 0 Å². The van der Waals surface area contributed by atoms with E-state index >= 15 is 0 Å². The number of alkyl halides is 3. The molecule has 0 unspecified atom stereocenters. The fourth-order valence-electron chi connectivity index (χ4n) is 1.07. The number of pyridine rings is 1. The van der Waals surface area contributed by atoms with Crippen LogP contribution < -0.4 is 0 Å². The highest BCUT2D eigenvalue weighted by Gasteiger charge is 2.21. The summed E-state index contributed by atoms with van der Waals surface area (Å²) in [7, 11) is 0. The van der Waals surface area contributed by atoms with E-state index in [1.165, 1.54) is 6.07 Å². The molecule has 1 N–H and O–H groups in total. The van der Waals surface area contributed by atoms with E-state index in [4.69, 9.17) is 5.11 Å². The van der Waals surface area contributed by atoms with E-state index < -0.39 is 12.4 Å². The van der Waals surface area contributed by atoms with E-state index in [0.717, 1.165) is 0 Å². The highest BCUT2D eigenvalue weighted by atomic mass is 127. The summed E-state index contributed by atoms with van der Waals surface area (Å²) in [5.74, 6) is -1.30. The van der Waals surface area contributed by atoms with Gasteiger partial charge in [0.2, 0.25) is 0 Å². The number of nitrogens with zero attached hydrogens (tertiary/aromatic N) is 1. The monoisotopic (exact) mass is 391 g/mol. The maximum Gasteiger partial charge on any atom is 0.354 e. The number of carboxylic acids is 1. The summed E-state index contributed by atoms with van der Waals surface area (Å²) in [5.41, 5.74) is -0.587. The van der Waals surface area contributed by atoms with E-state index in [2.05, 4.69) is 20.9 Å². The predicted octanol–water partition coefficient (Wildman–Crippen LogP) is 3.22. The minimum Gasteiger partial charge on any atom is -0.477 e. The molecule has 0 aliphatic rings. The second kappa shape index (κ2) is 5.15. The number of carboxylic acid groups (broad SMARTS) is 1. The van der Waals surface area contributed by atoms with Crippen LogP contribution in [-0.2, 0) is 5.33 Å². The number of aromatic nitrogens is 1. The van der Waals surface area contributed by atoms with Crippen molar-refractivity contribution in [1.29, 1.82) is 0 Å². The Morgan fingerprint density at radius 2 is 2.27 bits per heavy atom. The molecule has 0 bridgehead atoms. The van der Waals surface area contributed by atoms with Gasteiger partial charge in [-0.2, -0.15) is 0 Å². The van der Waals surface area contributed by atoms with Crippen molar-refractivity contribution in [2.75, 3.05) is 0 Å². The van der Waals surface area contributed by atoms with Crippen molar-refractivity contribution in [3.05, 3.63) is 26.6 Å². The molecule has 82 valence electrons. The zero-order valence-corrected chi connectivity index (χ0v) is 10.9. The highest BCUT2D eigenvalue weighted by molar-refractivity contribution is 14.1. The lowest BCUT2D eigenvalue weighted by Gasteiger charge is -2.09. The number of hydrogen-bond acceptors (Lipinski definition) is 2. The molecule has 0 saturated carbocycles. The lowest BCUT2D eigenvalue weighted by Crippen LogP contribution is -2.09. The van der Waals surface area contributed by atoms with Crippen LogP contribution in [0.1, 0.15) is 28.0 Å². The first kappa shape index (κ1) is 12.8. The van der Waals surface area contributed by atoms with Gasteiger partial charge in [0.05, 0.1) is 0 Å². The van der Waals surface area contributed by atoms with E-state index in [-0.39, 0.29) is 25.9 Å². The standard InChI is InChI=1S/C8H5BrF2INO2/c9-2-4-3(7(10)11)1-5(12)13-6(4)8(14)15/h1,7H,2H2,(H,14,15). The van der Waals surface area contributed by atoms with Crippen LogP contribution in [0, 0.1) is 3.70 Å². The molecule has 0 aromatic carbocycles. The van der Waals surface area contributed by atoms with Crippen LogP contribution in [0.5, 0.6) is 0 Å². The normalized spacial score (nSPS) is 10.7. The van der Waals surface area contributed by atoms with Gasteiger partial charge >= 0.3 is 5.97 Å². The topological polar surface area (TPSA) is 50.2 Å². The Kier molecular flexibility index (Phi) is 4.38. The van der Waals surface area contributed by atoms with Gasteiger partial charge in [0.25, 0.3) is 6.43 Å². The van der Waals surface area contributed by atoms with Crippen molar-refractivity contribution >= 4 is 44.5 Å². The van der Waals surface area contributed by atoms with Crippen LogP contribution >= 0.6 is 38.5 Å². The van der Waals surface area contributed by atoms with Crippen LogP contribution in [0.15, 0.2) is 6.07 Å². The van der Waals surface area contributed by atoms with Crippen molar-refractivity contribution in [3.8, 4) is 0 Å².